The third kappa shape index (κ3) is 4.57. The van der Waals surface area contributed by atoms with Crippen molar-refractivity contribution in [1.29, 1.82) is 0 Å². The average Bonchev–Trinajstić information content (AvgIpc) is 3.22. The molecule has 0 unspecified atom stereocenters. The Kier molecular flexibility index (Phi) is 6.25. The fourth-order valence-electron chi connectivity index (χ4n) is 4.09. The standard InChI is InChI=1S/C24H30N4O2S/c1-16(2)18-5-6-20(21(13-18)17(3)4)23(30)27-9-7-26(8-10-27)15-19-14-22(29)28-11-12-31-24(28)25-19/h5-6,11-14,16-17H,7-10,15H2,1-4H3. The van der Waals surface area contributed by atoms with Crippen LogP contribution in [0, 0.1) is 0 Å². The second kappa shape index (κ2) is 8.93. The largest absolute Gasteiger partial charge is 0.336 e. The average molecular weight is 439 g/mol. The number of aromatic nitrogens is 2. The molecule has 0 aliphatic carbocycles. The Morgan fingerprint density at radius 2 is 1.81 bits per heavy atom. The van der Waals surface area contributed by atoms with Gasteiger partial charge in [-0.1, -0.05) is 39.8 Å². The van der Waals surface area contributed by atoms with E-state index in [0.29, 0.717) is 31.5 Å². The van der Waals surface area contributed by atoms with E-state index in [1.54, 1.807) is 16.7 Å². The predicted octanol–water partition coefficient (Wildman–Crippen LogP) is 3.96. The number of carbonyl (C=O) groups excluding carboxylic acids is 1. The summed E-state index contributed by atoms with van der Waals surface area (Å²) in [5.41, 5.74) is 3.98. The monoisotopic (exact) mass is 438 g/mol. The molecule has 3 heterocycles. The summed E-state index contributed by atoms with van der Waals surface area (Å²) in [4.78, 5) is 35.0. The first-order chi connectivity index (χ1) is 14.8. The van der Waals surface area contributed by atoms with Gasteiger partial charge in [-0.2, -0.15) is 0 Å². The van der Waals surface area contributed by atoms with Gasteiger partial charge in [0, 0.05) is 55.9 Å². The van der Waals surface area contributed by atoms with Crippen LogP contribution in [0.15, 0.2) is 40.6 Å². The van der Waals surface area contributed by atoms with E-state index in [1.807, 2.05) is 16.3 Å². The number of thiazole rings is 1. The van der Waals surface area contributed by atoms with Gasteiger partial charge in [-0.05, 0) is 29.0 Å². The van der Waals surface area contributed by atoms with E-state index >= 15 is 0 Å². The van der Waals surface area contributed by atoms with Crippen molar-refractivity contribution in [2.45, 2.75) is 46.1 Å². The number of piperazine rings is 1. The highest BCUT2D eigenvalue weighted by molar-refractivity contribution is 7.15. The summed E-state index contributed by atoms with van der Waals surface area (Å²) in [6, 6.07) is 7.91. The van der Waals surface area contributed by atoms with Crippen LogP contribution < -0.4 is 5.56 Å². The lowest BCUT2D eigenvalue weighted by molar-refractivity contribution is 0.0625. The molecule has 164 valence electrons. The molecule has 0 N–H and O–H groups in total. The maximum atomic E-state index is 13.3. The number of hydrogen-bond acceptors (Lipinski definition) is 5. The highest BCUT2D eigenvalue weighted by atomic mass is 32.1. The Hall–Kier alpha value is -2.51. The second-order valence-electron chi connectivity index (χ2n) is 8.87. The van der Waals surface area contributed by atoms with Gasteiger partial charge in [-0.25, -0.2) is 4.98 Å². The summed E-state index contributed by atoms with van der Waals surface area (Å²) < 4.78 is 1.57. The van der Waals surface area contributed by atoms with Crippen LogP contribution in [0.25, 0.3) is 4.96 Å². The maximum Gasteiger partial charge on any atom is 0.258 e. The van der Waals surface area contributed by atoms with E-state index in [0.717, 1.165) is 34.9 Å². The summed E-state index contributed by atoms with van der Waals surface area (Å²) in [5.74, 6) is 0.867. The van der Waals surface area contributed by atoms with Gasteiger partial charge in [0.1, 0.15) is 0 Å². The topological polar surface area (TPSA) is 57.9 Å². The van der Waals surface area contributed by atoms with Crippen LogP contribution >= 0.6 is 11.3 Å². The van der Waals surface area contributed by atoms with Crippen molar-refractivity contribution in [3.8, 4) is 0 Å². The highest BCUT2D eigenvalue weighted by Gasteiger charge is 2.25. The highest BCUT2D eigenvalue weighted by Crippen LogP contribution is 2.26. The molecule has 0 bridgehead atoms. The van der Waals surface area contributed by atoms with Crippen LogP contribution in [0.3, 0.4) is 0 Å². The van der Waals surface area contributed by atoms with E-state index in [2.05, 4.69) is 49.7 Å². The van der Waals surface area contributed by atoms with Crippen molar-refractivity contribution in [2.75, 3.05) is 26.2 Å². The molecular weight excluding hydrogens is 408 g/mol. The van der Waals surface area contributed by atoms with Gasteiger partial charge < -0.3 is 4.90 Å². The van der Waals surface area contributed by atoms with Crippen molar-refractivity contribution in [3.05, 3.63) is 68.6 Å². The third-order valence-corrected chi connectivity index (χ3v) is 6.75. The molecular formula is C24H30N4O2S. The predicted molar refractivity (Wildman–Crippen MR) is 125 cm³/mol. The van der Waals surface area contributed by atoms with E-state index in [9.17, 15) is 9.59 Å². The molecule has 1 aromatic carbocycles. The number of amides is 1. The molecule has 1 aliphatic heterocycles. The number of hydrogen-bond donors (Lipinski definition) is 0. The summed E-state index contributed by atoms with van der Waals surface area (Å²) >= 11 is 1.47. The van der Waals surface area contributed by atoms with Gasteiger partial charge in [0.05, 0.1) is 5.69 Å². The Balaban J connectivity index is 1.43. The molecule has 3 aromatic rings. The summed E-state index contributed by atoms with van der Waals surface area (Å²) in [5, 5.41) is 1.87. The van der Waals surface area contributed by atoms with Gasteiger partial charge in [0.2, 0.25) is 0 Å². The Bertz CT molecular complexity index is 1140. The van der Waals surface area contributed by atoms with Gasteiger partial charge in [-0.15, -0.1) is 11.3 Å². The first-order valence-corrected chi connectivity index (χ1v) is 11.8. The normalized spacial score (nSPS) is 15.4. The molecule has 0 spiro atoms. The molecule has 0 saturated carbocycles. The molecule has 1 fully saturated rings. The minimum atomic E-state index is -0.0406. The summed E-state index contributed by atoms with van der Waals surface area (Å²) in [6.07, 6.45) is 1.75. The van der Waals surface area contributed by atoms with Crippen molar-refractivity contribution in [1.82, 2.24) is 19.2 Å². The van der Waals surface area contributed by atoms with Gasteiger partial charge in [-0.3, -0.25) is 18.9 Å². The molecule has 6 nitrogen and oxygen atoms in total. The van der Waals surface area contributed by atoms with Crippen LogP contribution in [0.5, 0.6) is 0 Å². The first-order valence-electron chi connectivity index (χ1n) is 10.9. The van der Waals surface area contributed by atoms with E-state index in [-0.39, 0.29) is 11.5 Å². The van der Waals surface area contributed by atoms with Crippen LogP contribution in [-0.4, -0.2) is 51.3 Å². The van der Waals surface area contributed by atoms with E-state index in [1.165, 1.54) is 16.9 Å². The Morgan fingerprint density at radius 1 is 1.06 bits per heavy atom. The lowest BCUT2D eigenvalue weighted by Gasteiger charge is -2.35. The van der Waals surface area contributed by atoms with Crippen molar-refractivity contribution in [2.24, 2.45) is 0 Å². The number of rotatable bonds is 5. The van der Waals surface area contributed by atoms with Crippen LogP contribution in [0.4, 0.5) is 0 Å². The van der Waals surface area contributed by atoms with Crippen LogP contribution in [-0.2, 0) is 6.54 Å². The molecule has 1 aliphatic rings. The fraction of sp³-hybridized carbons (Fsp3) is 0.458. The lowest BCUT2D eigenvalue weighted by Crippen LogP contribution is -2.48. The summed E-state index contributed by atoms with van der Waals surface area (Å²) in [6.45, 7) is 12.2. The zero-order valence-corrected chi connectivity index (χ0v) is 19.5. The Labute approximate surface area is 187 Å². The first kappa shape index (κ1) is 21.7. The molecule has 7 heteroatoms. The SMILES string of the molecule is CC(C)c1ccc(C(=O)N2CCN(Cc3cc(=O)n4ccsc4n3)CC2)c(C(C)C)c1. The van der Waals surface area contributed by atoms with E-state index in [4.69, 9.17) is 0 Å². The Morgan fingerprint density at radius 3 is 2.48 bits per heavy atom. The molecule has 2 aromatic heterocycles. The molecule has 1 saturated heterocycles. The number of fused-ring (bicyclic) bond motifs is 1. The number of nitrogens with zero attached hydrogens (tertiary/aromatic N) is 4. The molecule has 0 atom stereocenters. The zero-order valence-electron chi connectivity index (χ0n) is 18.7. The minimum absolute atomic E-state index is 0.0406. The van der Waals surface area contributed by atoms with Gasteiger partial charge in [0.25, 0.3) is 11.5 Å². The second-order valence-corrected chi connectivity index (χ2v) is 9.74. The van der Waals surface area contributed by atoms with Crippen molar-refractivity contribution >= 4 is 22.2 Å². The quantitative estimate of drug-likeness (QED) is 0.605. The smallest absolute Gasteiger partial charge is 0.258 e. The zero-order chi connectivity index (χ0) is 22.1. The number of benzene rings is 1. The fourth-order valence-corrected chi connectivity index (χ4v) is 4.83. The molecule has 31 heavy (non-hydrogen) atoms. The minimum Gasteiger partial charge on any atom is -0.336 e. The van der Waals surface area contributed by atoms with Gasteiger partial charge in [0.15, 0.2) is 4.96 Å². The van der Waals surface area contributed by atoms with Gasteiger partial charge >= 0.3 is 0 Å². The lowest BCUT2D eigenvalue weighted by atomic mass is 9.91. The molecule has 0 radical (unpaired) electrons. The van der Waals surface area contributed by atoms with Crippen LogP contribution in [0.1, 0.15) is 66.7 Å². The number of carbonyl (C=O) groups is 1. The van der Waals surface area contributed by atoms with E-state index < -0.39 is 0 Å². The summed E-state index contributed by atoms with van der Waals surface area (Å²) in [7, 11) is 0. The van der Waals surface area contributed by atoms with Crippen molar-refractivity contribution < 1.29 is 4.79 Å². The van der Waals surface area contributed by atoms with Crippen LogP contribution in [0.2, 0.25) is 0 Å². The maximum absolute atomic E-state index is 13.3. The molecule has 4 rings (SSSR count). The van der Waals surface area contributed by atoms with Crippen molar-refractivity contribution in [3.63, 3.8) is 0 Å². The third-order valence-electron chi connectivity index (χ3n) is 6.00. The molecule has 1 amide bonds.